The molecule has 0 aliphatic carbocycles. The first-order chi connectivity index (χ1) is 17.3. The number of hydrogen-bond donors (Lipinski definition) is 0. The monoisotopic (exact) mass is 530 g/mol. The molecule has 10 nitrogen and oxygen atoms in total. The van der Waals surface area contributed by atoms with Crippen LogP contribution in [0.3, 0.4) is 0 Å². The topological polar surface area (TPSA) is 109 Å². The summed E-state index contributed by atoms with van der Waals surface area (Å²) in [6.07, 6.45) is -0.557. The Kier molecular flexibility index (Phi) is 6.82. The first kappa shape index (κ1) is 24.5. The number of hydrogen-bond acceptors (Lipinski definition) is 8. The van der Waals surface area contributed by atoms with Crippen LogP contribution in [-0.4, -0.2) is 91.5 Å². The van der Waals surface area contributed by atoms with E-state index in [-0.39, 0.29) is 49.7 Å². The van der Waals surface area contributed by atoms with Gasteiger partial charge in [-0.2, -0.15) is 4.31 Å². The van der Waals surface area contributed by atoms with E-state index in [0.29, 0.717) is 23.8 Å². The summed E-state index contributed by atoms with van der Waals surface area (Å²) in [7, 11) is -3.73. The maximum absolute atomic E-state index is 13.0. The number of fused-ring (bicyclic) bond motifs is 1. The highest BCUT2D eigenvalue weighted by molar-refractivity contribution is 7.89. The highest BCUT2D eigenvalue weighted by Crippen LogP contribution is 2.29. The fraction of sp³-hybridized carbons (Fsp3) is 0.375. The molecule has 12 heteroatoms. The second kappa shape index (κ2) is 10.0. The van der Waals surface area contributed by atoms with Gasteiger partial charge in [-0.15, -0.1) is 0 Å². The van der Waals surface area contributed by atoms with Gasteiger partial charge in [0.1, 0.15) is 6.10 Å². The van der Waals surface area contributed by atoms with Crippen molar-refractivity contribution < 1.29 is 27.5 Å². The van der Waals surface area contributed by atoms with Gasteiger partial charge in [0.2, 0.25) is 10.0 Å². The number of piperazine rings is 1. The van der Waals surface area contributed by atoms with Crippen molar-refractivity contribution in [3.8, 4) is 5.19 Å². The van der Waals surface area contributed by atoms with Gasteiger partial charge >= 0.3 is 6.09 Å². The lowest BCUT2D eigenvalue weighted by Gasteiger charge is -2.38. The number of carbonyl (C=O) groups excluding carboxylic acids is 2. The standard InChI is InChI=1S/C24H26N4O6S2/c1-2-33-24(30)26-11-13-28(14-12-26)36(31,32)19-9-7-17(8-10-19)22(29)27-15-18(16-27)34-23-25-20-5-3-4-6-21(20)35-23/h3-10,18H,2,11-16H2,1H3. The van der Waals surface area contributed by atoms with E-state index in [1.807, 2.05) is 24.3 Å². The Balaban J connectivity index is 1.15. The largest absolute Gasteiger partial charge is 0.463 e. The summed E-state index contributed by atoms with van der Waals surface area (Å²) in [6, 6.07) is 13.8. The third-order valence-corrected chi connectivity index (χ3v) is 9.02. The molecule has 2 aromatic carbocycles. The van der Waals surface area contributed by atoms with E-state index in [0.717, 1.165) is 10.2 Å². The lowest BCUT2D eigenvalue weighted by atomic mass is 10.1. The molecule has 3 heterocycles. The van der Waals surface area contributed by atoms with Crippen LogP contribution in [0, 0.1) is 0 Å². The molecule has 5 rings (SSSR count). The molecule has 2 saturated heterocycles. The molecule has 0 N–H and O–H groups in total. The van der Waals surface area contributed by atoms with Gasteiger partial charge in [0.25, 0.3) is 11.1 Å². The molecule has 3 aromatic rings. The van der Waals surface area contributed by atoms with E-state index < -0.39 is 16.1 Å². The number of ether oxygens (including phenoxy) is 2. The van der Waals surface area contributed by atoms with E-state index >= 15 is 0 Å². The molecule has 1 aromatic heterocycles. The second-order valence-corrected chi connectivity index (χ2v) is 11.4. The summed E-state index contributed by atoms with van der Waals surface area (Å²) in [5.74, 6) is -0.175. The first-order valence-electron chi connectivity index (χ1n) is 11.7. The third kappa shape index (κ3) is 4.88. The molecular weight excluding hydrogens is 504 g/mol. The van der Waals surface area contributed by atoms with Crippen molar-refractivity contribution in [2.75, 3.05) is 45.9 Å². The molecule has 190 valence electrons. The average Bonchev–Trinajstić information content (AvgIpc) is 3.28. The Bertz CT molecular complexity index is 1330. The summed E-state index contributed by atoms with van der Waals surface area (Å²) in [5.41, 5.74) is 1.31. The minimum absolute atomic E-state index is 0.115. The summed E-state index contributed by atoms with van der Waals surface area (Å²) in [4.78, 5) is 32.4. The van der Waals surface area contributed by atoms with Crippen LogP contribution in [0.25, 0.3) is 10.2 Å². The molecule has 0 spiro atoms. The predicted molar refractivity (Wildman–Crippen MR) is 134 cm³/mol. The summed E-state index contributed by atoms with van der Waals surface area (Å²) < 4.78 is 39.3. The van der Waals surface area contributed by atoms with E-state index in [9.17, 15) is 18.0 Å². The van der Waals surface area contributed by atoms with Gasteiger partial charge in [-0.25, -0.2) is 18.2 Å². The molecule has 0 saturated carbocycles. The zero-order chi connectivity index (χ0) is 25.3. The number of sulfonamides is 1. The first-order valence-corrected chi connectivity index (χ1v) is 13.9. The highest BCUT2D eigenvalue weighted by atomic mass is 32.2. The van der Waals surface area contributed by atoms with Crippen LogP contribution < -0.4 is 4.74 Å². The van der Waals surface area contributed by atoms with Crippen molar-refractivity contribution in [1.82, 2.24) is 19.1 Å². The molecule has 2 amide bonds. The molecule has 0 bridgehead atoms. The van der Waals surface area contributed by atoms with Crippen molar-refractivity contribution in [3.05, 3.63) is 54.1 Å². The van der Waals surface area contributed by atoms with Crippen LogP contribution >= 0.6 is 11.3 Å². The van der Waals surface area contributed by atoms with Crippen LogP contribution in [0.1, 0.15) is 17.3 Å². The van der Waals surface area contributed by atoms with Gasteiger partial charge in [-0.3, -0.25) is 4.79 Å². The smallest absolute Gasteiger partial charge is 0.409 e. The van der Waals surface area contributed by atoms with Crippen molar-refractivity contribution in [3.63, 3.8) is 0 Å². The molecular formula is C24H26N4O6S2. The van der Waals surface area contributed by atoms with E-state index in [4.69, 9.17) is 9.47 Å². The molecule has 2 aliphatic heterocycles. The predicted octanol–water partition coefficient (Wildman–Crippen LogP) is 2.66. The number of para-hydroxylation sites is 1. The summed E-state index contributed by atoms with van der Waals surface area (Å²) in [6.45, 7) is 3.80. The molecule has 2 fully saturated rings. The van der Waals surface area contributed by atoms with Crippen LogP contribution in [0.4, 0.5) is 4.79 Å². The highest BCUT2D eigenvalue weighted by Gasteiger charge is 2.34. The van der Waals surface area contributed by atoms with E-state index in [1.165, 1.54) is 44.8 Å². The maximum atomic E-state index is 13.0. The quantitative estimate of drug-likeness (QED) is 0.482. The zero-order valence-electron chi connectivity index (χ0n) is 19.7. The number of rotatable bonds is 6. The van der Waals surface area contributed by atoms with Gasteiger partial charge in [0.15, 0.2) is 0 Å². The second-order valence-electron chi connectivity index (χ2n) is 8.51. The lowest BCUT2D eigenvalue weighted by Crippen LogP contribution is -2.56. The number of aromatic nitrogens is 1. The third-order valence-electron chi connectivity index (χ3n) is 6.18. The molecule has 36 heavy (non-hydrogen) atoms. The molecule has 0 unspecified atom stereocenters. The fourth-order valence-corrected chi connectivity index (χ4v) is 6.45. The number of thiazole rings is 1. The molecule has 2 aliphatic rings. The van der Waals surface area contributed by atoms with E-state index in [1.54, 1.807) is 11.8 Å². The SMILES string of the molecule is CCOC(=O)N1CCN(S(=O)(=O)c2ccc(C(=O)N3CC(Oc4nc5ccccc5s4)C3)cc2)CC1. The van der Waals surface area contributed by atoms with Crippen molar-refractivity contribution in [2.24, 2.45) is 0 Å². The van der Waals surface area contributed by atoms with Crippen LogP contribution in [0.15, 0.2) is 53.4 Å². The Labute approximate surface area is 213 Å². The van der Waals surface area contributed by atoms with Crippen molar-refractivity contribution >= 4 is 43.6 Å². The number of benzene rings is 2. The Morgan fingerprint density at radius 3 is 2.36 bits per heavy atom. The van der Waals surface area contributed by atoms with Gasteiger partial charge in [0.05, 0.1) is 34.8 Å². The number of nitrogens with zero attached hydrogens (tertiary/aromatic N) is 4. The molecule has 0 atom stereocenters. The van der Waals surface area contributed by atoms with Gasteiger partial charge in [-0.05, 0) is 43.3 Å². The minimum Gasteiger partial charge on any atom is -0.463 e. The number of amides is 2. The fourth-order valence-electron chi connectivity index (χ4n) is 4.15. The summed E-state index contributed by atoms with van der Waals surface area (Å²) in [5, 5.41) is 0.589. The minimum atomic E-state index is -3.73. The van der Waals surface area contributed by atoms with Crippen LogP contribution in [0.2, 0.25) is 0 Å². The number of carbonyl (C=O) groups is 2. The van der Waals surface area contributed by atoms with E-state index in [2.05, 4.69) is 4.98 Å². The zero-order valence-corrected chi connectivity index (χ0v) is 21.3. The summed E-state index contributed by atoms with van der Waals surface area (Å²) >= 11 is 1.48. The normalized spacial score (nSPS) is 17.1. The Morgan fingerprint density at radius 1 is 1.00 bits per heavy atom. The Hall–Kier alpha value is -3.22. The van der Waals surface area contributed by atoms with Gasteiger partial charge in [0, 0.05) is 31.7 Å². The number of likely N-dealkylation sites (tertiary alicyclic amines) is 1. The van der Waals surface area contributed by atoms with Crippen LogP contribution in [0.5, 0.6) is 5.19 Å². The average molecular weight is 531 g/mol. The maximum Gasteiger partial charge on any atom is 0.409 e. The lowest BCUT2D eigenvalue weighted by molar-refractivity contribution is 0.0178. The van der Waals surface area contributed by atoms with Crippen molar-refractivity contribution in [2.45, 2.75) is 17.9 Å². The van der Waals surface area contributed by atoms with Gasteiger partial charge < -0.3 is 19.3 Å². The van der Waals surface area contributed by atoms with Crippen LogP contribution in [-0.2, 0) is 14.8 Å². The Morgan fingerprint density at radius 2 is 1.69 bits per heavy atom. The van der Waals surface area contributed by atoms with Crippen molar-refractivity contribution in [1.29, 1.82) is 0 Å². The van der Waals surface area contributed by atoms with Gasteiger partial charge in [-0.1, -0.05) is 23.5 Å². The molecule has 0 radical (unpaired) electrons.